The number of hydrogen-bond acceptors (Lipinski definition) is 4. The highest BCUT2D eigenvalue weighted by Crippen LogP contribution is 2.25. The Hall–Kier alpha value is -1.21. The standard InChI is InChI=1S/C32H45ClN4O.3ClH/c1-25(23-36-20-7-4-10-28(36)17-21-35-18-5-3-6-19-35)16-22-37-30-11-8-9-26(2)32(30)34-31(37)24-38-29-14-12-27(33)13-15-29;;;/h8-9,11-15,25,28H,3-7,10,16-24H2,1-2H3;3*1H. The number of likely N-dealkylation sites (tertiary alicyclic amines) is 2. The molecule has 3 aromatic rings. The minimum Gasteiger partial charge on any atom is -0.486 e. The average Bonchev–Trinajstić information content (AvgIpc) is 3.30. The predicted molar refractivity (Wildman–Crippen MR) is 180 cm³/mol. The van der Waals surface area contributed by atoms with E-state index >= 15 is 0 Å². The topological polar surface area (TPSA) is 33.5 Å². The Morgan fingerprint density at radius 1 is 0.927 bits per heavy atom. The second-order valence-corrected chi connectivity index (χ2v) is 12.0. The quantitative estimate of drug-likeness (QED) is 0.209. The number of ether oxygens (including phenoxy) is 1. The Morgan fingerprint density at radius 2 is 1.66 bits per heavy atom. The first-order valence-electron chi connectivity index (χ1n) is 14.9. The number of imidazole rings is 1. The zero-order valence-corrected chi connectivity index (χ0v) is 27.8. The highest BCUT2D eigenvalue weighted by Gasteiger charge is 2.25. The van der Waals surface area contributed by atoms with E-state index in [9.17, 15) is 0 Å². The number of para-hydroxylation sites is 1. The summed E-state index contributed by atoms with van der Waals surface area (Å²) in [6.45, 7) is 12.4. The van der Waals surface area contributed by atoms with Crippen LogP contribution >= 0.6 is 48.8 Å². The van der Waals surface area contributed by atoms with Gasteiger partial charge in [-0.05, 0) is 113 Å². The molecule has 1 aromatic heterocycles. The van der Waals surface area contributed by atoms with Crippen molar-refractivity contribution in [1.29, 1.82) is 0 Å². The van der Waals surface area contributed by atoms with Gasteiger partial charge in [-0.2, -0.15) is 0 Å². The van der Waals surface area contributed by atoms with Crippen molar-refractivity contribution in [2.75, 3.05) is 32.7 Å². The first kappa shape index (κ1) is 36.0. The third-order valence-corrected chi connectivity index (χ3v) is 8.86. The molecule has 2 atom stereocenters. The molecule has 2 aliphatic rings. The summed E-state index contributed by atoms with van der Waals surface area (Å²) >= 11 is 6.05. The van der Waals surface area contributed by atoms with Crippen molar-refractivity contribution in [3.05, 3.63) is 58.9 Å². The van der Waals surface area contributed by atoms with Gasteiger partial charge in [0.1, 0.15) is 18.2 Å². The van der Waals surface area contributed by atoms with Gasteiger partial charge in [0.25, 0.3) is 0 Å². The fraction of sp³-hybridized carbons (Fsp3) is 0.594. The van der Waals surface area contributed by atoms with Crippen molar-refractivity contribution in [2.24, 2.45) is 5.92 Å². The number of aryl methyl sites for hydroxylation is 2. The molecule has 2 unspecified atom stereocenters. The zero-order chi connectivity index (χ0) is 26.3. The van der Waals surface area contributed by atoms with Gasteiger partial charge in [-0.25, -0.2) is 4.98 Å². The van der Waals surface area contributed by atoms with Crippen LogP contribution in [0.1, 0.15) is 69.7 Å². The van der Waals surface area contributed by atoms with Gasteiger partial charge in [0.15, 0.2) is 0 Å². The number of halogens is 4. The zero-order valence-electron chi connectivity index (χ0n) is 24.6. The summed E-state index contributed by atoms with van der Waals surface area (Å²) in [5.74, 6) is 2.45. The molecular weight excluding hydrogens is 598 g/mol. The molecule has 9 heteroatoms. The summed E-state index contributed by atoms with van der Waals surface area (Å²) in [6.07, 6.45) is 10.8. The van der Waals surface area contributed by atoms with Crippen molar-refractivity contribution < 1.29 is 4.74 Å². The number of nitrogens with zero attached hydrogens (tertiary/aromatic N) is 4. The lowest BCUT2D eigenvalue weighted by molar-refractivity contribution is 0.103. The summed E-state index contributed by atoms with van der Waals surface area (Å²) < 4.78 is 8.51. The van der Waals surface area contributed by atoms with Crippen LogP contribution in [-0.2, 0) is 13.2 Å². The van der Waals surface area contributed by atoms with Gasteiger partial charge < -0.3 is 19.1 Å². The molecule has 230 valence electrons. The number of fused-ring (bicyclic) bond motifs is 1. The summed E-state index contributed by atoms with van der Waals surface area (Å²) in [7, 11) is 0. The largest absolute Gasteiger partial charge is 0.486 e. The van der Waals surface area contributed by atoms with Crippen LogP contribution in [-0.4, -0.2) is 58.1 Å². The van der Waals surface area contributed by atoms with E-state index in [1.807, 2.05) is 24.3 Å². The van der Waals surface area contributed by atoms with Crippen LogP contribution in [0.3, 0.4) is 0 Å². The molecular formula is C32H48Cl4N4O. The summed E-state index contributed by atoms with van der Waals surface area (Å²) in [6, 6.07) is 14.8. The second kappa shape index (κ2) is 17.8. The van der Waals surface area contributed by atoms with Crippen molar-refractivity contribution >= 4 is 59.9 Å². The van der Waals surface area contributed by atoms with Crippen molar-refractivity contribution in [1.82, 2.24) is 19.4 Å². The fourth-order valence-corrected chi connectivity index (χ4v) is 6.48. The van der Waals surface area contributed by atoms with Crippen LogP contribution in [0.4, 0.5) is 0 Å². The maximum atomic E-state index is 6.12. The van der Waals surface area contributed by atoms with Crippen molar-refractivity contribution in [3.63, 3.8) is 0 Å². The monoisotopic (exact) mass is 644 g/mol. The molecule has 0 amide bonds. The summed E-state index contributed by atoms with van der Waals surface area (Å²) in [5.41, 5.74) is 3.51. The Bertz CT molecular complexity index is 1170. The van der Waals surface area contributed by atoms with Crippen LogP contribution < -0.4 is 4.74 Å². The third-order valence-electron chi connectivity index (χ3n) is 8.61. The van der Waals surface area contributed by atoms with Gasteiger partial charge >= 0.3 is 0 Å². The number of hydrogen-bond donors (Lipinski definition) is 0. The normalized spacial score (nSPS) is 18.7. The van der Waals surface area contributed by atoms with Gasteiger partial charge in [0, 0.05) is 24.2 Å². The molecule has 5 nitrogen and oxygen atoms in total. The molecule has 0 N–H and O–H groups in total. The Morgan fingerprint density at radius 3 is 2.41 bits per heavy atom. The van der Waals surface area contributed by atoms with E-state index in [4.69, 9.17) is 21.3 Å². The maximum absolute atomic E-state index is 6.12. The van der Waals surface area contributed by atoms with Gasteiger partial charge in [-0.1, -0.05) is 43.5 Å². The van der Waals surface area contributed by atoms with Crippen LogP contribution in [0.5, 0.6) is 5.75 Å². The van der Waals surface area contributed by atoms with Crippen LogP contribution in [0.2, 0.25) is 5.02 Å². The number of piperidine rings is 2. The molecule has 0 aliphatic carbocycles. The summed E-state index contributed by atoms with van der Waals surface area (Å²) in [4.78, 5) is 10.5. The van der Waals surface area contributed by atoms with E-state index in [0.29, 0.717) is 12.5 Å². The Kier molecular flexibility index (Phi) is 15.6. The van der Waals surface area contributed by atoms with E-state index in [1.165, 1.54) is 88.7 Å². The third kappa shape index (κ3) is 9.91. The van der Waals surface area contributed by atoms with E-state index in [1.54, 1.807) is 0 Å². The number of benzene rings is 2. The van der Waals surface area contributed by atoms with E-state index in [2.05, 4.69) is 46.4 Å². The Balaban J connectivity index is 0.00000196. The minimum absolute atomic E-state index is 0. The van der Waals surface area contributed by atoms with Crippen molar-refractivity contribution in [3.8, 4) is 5.75 Å². The van der Waals surface area contributed by atoms with Gasteiger partial charge in [0.05, 0.1) is 11.0 Å². The van der Waals surface area contributed by atoms with Crippen molar-refractivity contribution in [2.45, 2.75) is 84.4 Å². The number of aromatic nitrogens is 2. The molecule has 3 heterocycles. The highest BCUT2D eigenvalue weighted by molar-refractivity contribution is 6.30. The van der Waals surface area contributed by atoms with Crippen LogP contribution in [0, 0.1) is 12.8 Å². The molecule has 41 heavy (non-hydrogen) atoms. The van der Waals surface area contributed by atoms with E-state index in [-0.39, 0.29) is 37.2 Å². The predicted octanol–water partition coefficient (Wildman–Crippen LogP) is 8.60. The minimum atomic E-state index is 0. The SMILES string of the molecule is Cc1cccc2c1nc(COc1ccc(Cl)cc1)n2CCC(C)CN1CCCCC1CCN1CCCCC1.Cl.Cl.Cl. The first-order valence-corrected chi connectivity index (χ1v) is 15.2. The van der Waals surface area contributed by atoms with E-state index < -0.39 is 0 Å². The lowest BCUT2D eigenvalue weighted by Crippen LogP contribution is -2.44. The maximum Gasteiger partial charge on any atom is 0.148 e. The average molecular weight is 647 g/mol. The molecule has 2 aliphatic heterocycles. The van der Waals surface area contributed by atoms with Gasteiger partial charge in [-0.15, -0.1) is 37.2 Å². The van der Waals surface area contributed by atoms with Gasteiger partial charge in [-0.3, -0.25) is 0 Å². The van der Waals surface area contributed by atoms with Gasteiger partial charge in [0.2, 0.25) is 0 Å². The molecule has 0 bridgehead atoms. The molecule has 0 spiro atoms. The highest BCUT2D eigenvalue weighted by atomic mass is 35.5. The smallest absolute Gasteiger partial charge is 0.148 e. The molecule has 0 radical (unpaired) electrons. The fourth-order valence-electron chi connectivity index (χ4n) is 6.36. The molecule has 2 aromatic carbocycles. The summed E-state index contributed by atoms with van der Waals surface area (Å²) in [5, 5.41) is 0.719. The Labute approximate surface area is 270 Å². The van der Waals surface area contributed by atoms with Crippen LogP contribution in [0.25, 0.3) is 11.0 Å². The van der Waals surface area contributed by atoms with Crippen LogP contribution in [0.15, 0.2) is 42.5 Å². The molecule has 5 rings (SSSR count). The molecule has 0 saturated carbocycles. The molecule has 2 fully saturated rings. The molecule has 2 saturated heterocycles. The lowest BCUT2D eigenvalue weighted by atomic mass is 9.96. The van der Waals surface area contributed by atoms with E-state index in [0.717, 1.165) is 41.1 Å². The lowest BCUT2D eigenvalue weighted by Gasteiger charge is -2.39. The first-order chi connectivity index (χ1) is 18.6. The second-order valence-electron chi connectivity index (χ2n) is 11.6. The number of rotatable bonds is 11.